The molecule has 0 fully saturated rings. The lowest BCUT2D eigenvalue weighted by atomic mass is 10.3. The molecule has 1 N–H and O–H groups in total. The normalized spacial score (nSPS) is 16.1. The summed E-state index contributed by atoms with van der Waals surface area (Å²) in [4.78, 5) is 13.9. The zero-order chi connectivity index (χ0) is 16.4. The topological polar surface area (TPSA) is 72.5 Å². The summed E-state index contributed by atoms with van der Waals surface area (Å²) in [5.74, 6) is 1.40. The van der Waals surface area contributed by atoms with Crippen molar-refractivity contribution in [1.29, 1.82) is 0 Å². The zero-order valence-corrected chi connectivity index (χ0v) is 13.6. The van der Waals surface area contributed by atoms with Gasteiger partial charge in [0.15, 0.2) is 0 Å². The van der Waals surface area contributed by atoms with Crippen molar-refractivity contribution < 1.29 is 9.84 Å². The summed E-state index contributed by atoms with van der Waals surface area (Å²) in [5.41, 5.74) is -0.0914. The fourth-order valence-electron chi connectivity index (χ4n) is 2.65. The van der Waals surface area contributed by atoms with Crippen LogP contribution in [0.4, 0.5) is 0 Å². The van der Waals surface area contributed by atoms with Crippen molar-refractivity contribution in [2.45, 2.75) is 19.2 Å². The van der Waals surface area contributed by atoms with Crippen LogP contribution in [0.25, 0.3) is 0 Å². The highest BCUT2D eigenvalue weighted by Crippen LogP contribution is 2.16. The fraction of sp³-hybridized carbons (Fsp3) is 0.467. The maximum Gasteiger partial charge on any atom is 0.345 e. The van der Waals surface area contributed by atoms with Crippen LogP contribution in [0.2, 0.25) is 5.02 Å². The fourth-order valence-corrected chi connectivity index (χ4v) is 2.77. The summed E-state index contributed by atoms with van der Waals surface area (Å²) in [6.07, 6.45) is -0.618. The number of nitrogens with zero attached hydrogens (tertiary/aromatic N) is 4. The van der Waals surface area contributed by atoms with Crippen molar-refractivity contribution in [3.8, 4) is 5.75 Å². The SMILES string of the molecule is Cn1nc2n(c1=O)CCN(CC(O)COc1ccc(Cl)cc1)C2. The molecule has 0 amide bonds. The monoisotopic (exact) mass is 338 g/mol. The highest BCUT2D eigenvalue weighted by Gasteiger charge is 2.22. The molecule has 8 heteroatoms. The molecular formula is C15H19ClN4O3. The first kappa shape index (κ1) is 16.0. The van der Waals surface area contributed by atoms with Crippen molar-refractivity contribution in [2.75, 3.05) is 19.7 Å². The molecule has 0 spiro atoms. The Morgan fingerprint density at radius 2 is 2.09 bits per heavy atom. The smallest absolute Gasteiger partial charge is 0.345 e. The number of hydrogen-bond donors (Lipinski definition) is 1. The predicted molar refractivity (Wildman–Crippen MR) is 85.7 cm³/mol. The molecule has 0 bridgehead atoms. The molecule has 0 radical (unpaired) electrons. The summed E-state index contributed by atoms with van der Waals surface area (Å²) in [6, 6.07) is 7.02. The highest BCUT2D eigenvalue weighted by atomic mass is 35.5. The summed E-state index contributed by atoms with van der Waals surface area (Å²) in [7, 11) is 1.65. The van der Waals surface area contributed by atoms with E-state index >= 15 is 0 Å². The van der Waals surface area contributed by atoms with E-state index in [1.165, 1.54) is 4.68 Å². The van der Waals surface area contributed by atoms with Crippen LogP contribution in [0.15, 0.2) is 29.1 Å². The molecule has 23 heavy (non-hydrogen) atoms. The van der Waals surface area contributed by atoms with Gasteiger partial charge in [0.1, 0.15) is 24.3 Å². The molecule has 1 atom stereocenters. The predicted octanol–water partition coefficient (Wildman–Crippen LogP) is 0.491. The van der Waals surface area contributed by atoms with E-state index in [0.29, 0.717) is 37.0 Å². The number of aliphatic hydroxyl groups excluding tert-OH is 1. The van der Waals surface area contributed by atoms with Gasteiger partial charge in [0.25, 0.3) is 0 Å². The molecule has 124 valence electrons. The van der Waals surface area contributed by atoms with E-state index in [2.05, 4.69) is 10.00 Å². The average molecular weight is 339 g/mol. The van der Waals surface area contributed by atoms with Crippen molar-refractivity contribution in [1.82, 2.24) is 19.2 Å². The van der Waals surface area contributed by atoms with Gasteiger partial charge >= 0.3 is 5.69 Å². The van der Waals surface area contributed by atoms with E-state index in [0.717, 1.165) is 5.82 Å². The Hall–Kier alpha value is -1.83. The lowest BCUT2D eigenvalue weighted by molar-refractivity contribution is 0.0581. The largest absolute Gasteiger partial charge is 0.491 e. The number of aliphatic hydroxyl groups is 1. The van der Waals surface area contributed by atoms with Gasteiger partial charge in [-0.25, -0.2) is 9.48 Å². The quantitative estimate of drug-likeness (QED) is 0.859. The summed E-state index contributed by atoms with van der Waals surface area (Å²) in [6.45, 7) is 2.52. The van der Waals surface area contributed by atoms with Crippen LogP contribution in [0.1, 0.15) is 5.82 Å². The maximum absolute atomic E-state index is 11.8. The van der Waals surface area contributed by atoms with Crippen LogP contribution in [0.5, 0.6) is 5.75 Å². The molecule has 1 aliphatic rings. The minimum atomic E-state index is -0.618. The van der Waals surface area contributed by atoms with Crippen molar-refractivity contribution in [2.24, 2.45) is 7.05 Å². The second-order valence-corrected chi connectivity index (χ2v) is 6.06. The Kier molecular flexibility index (Phi) is 4.70. The number of benzene rings is 1. The minimum Gasteiger partial charge on any atom is -0.491 e. The van der Waals surface area contributed by atoms with Crippen LogP contribution in [-0.4, -0.2) is 50.2 Å². The standard InChI is InChI=1S/C15H19ClN4O3/c1-18-15(22)20-7-6-19(9-14(20)17-18)8-12(21)10-23-13-4-2-11(16)3-5-13/h2-5,12,21H,6-10H2,1H3. The third-order valence-electron chi connectivity index (χ3n) is 3.81. The molecule has 3 rings (SSSR count). The first-order chi connectivity index (χ1) is 11.0. The van der Waals surface area contributed by atoms with Crippen molar-refractivity contribution in [3.05, 3.63) is 45.6 Å². The third-order valence-corrected chi connectivity index (χ3v) is 4.07. The van der Waals surface area contributed by atoms with Crippen LogP contribution in [0, 0.1) is 0 Å². The molecule has 0 saturated carbocycles. The number of rotatable bonds is 5. The minimum absolute atomic E-state index is 0.0914. The molecule has 7 nitrogen and oxygen atoms in total. The Bertz CT molecular complexity index is 725. The van der Waals surface area contributed by atoms with Gasteiger partial charge in [0.05, 0.1) is 6.54 Å². The second kappa shape index (κ2) is 6.74. The second-order valence-electron chi connectivity index (χ2n) is 5.63. The molecule has 1 unspecified atom stereocenters. The Labute approximate surface area is 138 Å². The number of hydrogen-bond acceptors (Lipinski definition) is 5. The van der Waals surface area contributed by atoms with Gasteiger partial charge in [-0.05, 0) is 24.3 Å². The van der Waals surface area contributed by atoms with E-state index in [-0.39, 0.29) is 12.3 Å². The van der Waals surface area contributed by atoms with E-state index in [9.17, 15) is 9.90 Å². The number of β-amino-alcohol motifs (C(OH)–C–C–N with tert-alkyl or cyclic N) is 1. The molecule has 0 saturated heterocycles. The maximum atomic E-state index is 11.8. The zero-order valence-electron chi connectivity index (χ0n) is 12.9. The van der Waals surface area contributed by atoms with Crippen molar-refractivity contribution >= 4 is 11.6 Å². The molecule has 0 aliphatic carbocycles. The molecular weight excluding hydrogens is 320 g/mol. The average Bonchev–Trinajstić information content (AvgIpc) is 2.81. The van der Waals surface area contributed by atoms with Crippen molar-refractivity contribution in [3.63, 3.8) is 0 Å². The van der Waals surface area contributed by atoms with Crippen LogP contribution >= 0.6 is 11.6 Å². The molecule has 2 heterocycles. The molecule has 1 aliphatic heterocycles. The lowest BCUT2D eigenvalue weighted by Crippen LogP contribution is -2.42. The Balaban J connectivity index is 1.51. The van der Waals surface area contributed by atoms with E-state index < -0.39 is 6.10 Å². The van der Waals surface area contributed by atoms with E-state index in [1.54, 1.807) is 35.9 Å². The molecule has 1 aromatic heterocycles. The number of fused-ring (bicyclic) bond motifs is 1. The van der Waals surface area contributed by atoms with Crippen LogP contribution in [-0.2, 0) is 20.1 Å². The summed E-state index contributed by atoms with van der Waals surface area (Å²) in [5, 5.41) is 15.0. The Morgan fingerprint density at radius 3 is 2.83 bits per heavy atom. The van der Waals surface area contributed by atoms with Gasteiger partial charge in [0.2, 0.25) is 0 Å². The Morgan fingerprint density at radius 1 is 1.35 bits per heavy atom. The first-order valence-corrected chi connectivity index (χ1v) is 7.82. The lowest BCUT2D eigenvalue weighted by Gasteiger charge is -2.28. The van der Waals surface area contributed by atoms with Gasteiger partial charge in [-0.3, -0.25) is 9.47 Å². The summed E-state index contributed by atoms with van der Waals surface area (Å²) >= 11 is 5.81. The third kappa shape index (κ3) is 3.74. The van der Waals surface area contributed by atoms with Crippen LogP contribution in [0.3, 0.4) is 0 Å². The van der Waals surface area contributed by atoms with E-state index in [1.807, 2.05) is 0 Å². The number of aromatic nitrogens is 3. The molecule has 1 aromatic carbocycles. The van der Waals surface area contributed by atoms with Gasteiger partial charge in [0, 0.05) is 31.7 Å². The summed E-state index contributed by atoms with van der Waals surface area (Å²) < 4.78 is 8.57. The number of ether oxygens (including phenoxy) is 1. The van der Waals surface area contributed by atoms with Gasteiger partial charge < -0.3 is 9.84 Å². The van der Waals surface area contributed by atoms with E-state index in [4.69, 9.17) is 16.3 Å². The highest BCUT2D eigenvalue weighted by molar-refractivity contribution is 6.30. The van der Waals surface area contributed by atoms with Gasteiger partial charge in [-0.1, -0.05) is 11.6 Å². The van der Waals surface area contributed by atoms with Gasteiger partial charge in [-0.15, -0.1) is 0 Å². The number of halogens is 1. The molecule has 2 aromatic rings. The van der Waals surface area contributed by atoms with Gasteiger partial charge in [-0.2, -0.15) is 5.10 Å². The first-order valence-electron chi connectivity index (χ1n) is 7.44. The number of aryl methyl sites for hydroxylation is 1. The van der Waals surface area contributed by atoms with Crippen LogP contribution < -0.4 is 10.4 Å².